The summed E-state index contributed by atoms with van der Waals surface area (Å²) in [4.78, 5) is 36.7. The van der Waals surface area contributed by atoms with Gasteiger partial charge in [0.15, 0.2) is 0 Å². The Morgan fingerprint density at radius 1 is 1.30 bits per heavy atom. The molecule has 0 aliphatic rings. The average Bonchev–Trinajstić information content (AvgIpc) is 2.52. The van der Waals surface area contributed by atoms with Crippen molar-refractivity contribution in [2.75, 3.05) is 26.7 Å². The molecule has 7 heteroatoms. The van der Waals surface area contributed by atoms with E-state index in [1.54, 1.807) is 31.2 Å². The molecule has 2 amide bonds. The Morgan fingerprint density at radius 2 is 1.96 bits per heavy atom. The topological polar surface area (TPSA) is 75.7 Å². The zero-order chi connectivity index (χ0) is 17.4. The van der Waals surface area contributed by atoms with Crippen LogP contribution >= 0.6 is 11.6 Å². The molecule has 0 radical (unpaired) electrons. The summed E-state index contributed by atoms with van der Waals surface area (Å²) in [6.07, 6.45) is 0. The third-order valence-corrected chi connectivity index (χ3v) is 3.57. The highest BCUT2D eigenvalue weighted by atomic mass is 35.5. The second-order valence-electron chi connectivity index (χ2n) is 5.14. The zero-order valence-electron chi connectivity index (χ0n) is 13.5. The molecule has 0 saturated carbocycles. The van der Waals surface area contributed by atoms with Crippen molar-refractivity contribution in [1.29, 1.82) is 0 Å². The van der Waals surface area contributed by atoms with Crippen LogP contribution in [0, 0.1) is 5.92 Å². The highest BCUT2D eigenvalue weighted by Gasteiger charge is 2.23. The van der Waals surface area contributed by atoms with Crippen LogP contribution in [0.2, 0.25) is 5.02 Å². The lowest BCUT2D eigenvalue weighted by Gasteiger charge is -2.25. The molecule has 1 unspecified atom stereocenters. The molecule has 0 aliphatic carbocycles. The van der Waals surface area contributed by atoms with Gasteiger partial charge in [0.2, 0.25) is 5.91 Å². The Balaban J connectivity index is 2.89. The van der Waals surface area contributed by atoms with Crippen molar-refractivity contribution >= 4 is 29.4 Å². The largest absolute Gasteiger partial charge is 0.469 e. The first-order valence-electron chi connectivity index (χ1n) is 7.22. The van der Waals surface area contributed by atoms with Crippen molar-refractivity contribution in [2.24, 2.45) is 5.92 Å². The highest BCUT2D eigenvalue weighted by molar-refractivity contribution is 6.33. The fourth-order valence-corrected chi connectivity index (χ4v) is 2.27. The lowest BCUT2D eigenvalue weighted by molar-refractivity contribution is -0.145. The van der Waals surface area contributed by atoms with Crippen molar-refractivity contribution in [1.82, 2.24) is 10.2 Å². The van der Waals surface area contributed by atoms with Gasteiger partial charge in [-0.2, -0.15) is 0 Å². The lowest BCUT2D eigenvalue weighted by atomic mass is 10.1. The molecule has 1 N–H and O–H groups in total. The monoisotopic (exact) mass is 340 g/mol. The molecule has 1 rings (SSSR count). The summed E-state index contributed by atoms with van der Waals surface area (Å²) < 4.78 is 4.69. The normalized spacial score (nSPS) is 11.5. The van der Waals surface area contributed by atoms with Crippen LogP contribution in [0.3, 0.4) is 0 Å². The SMILES string of the molecule is COC(=O)C(C)CN(CCNC(C)=O)C(=O)c1ccccc1Cl. The predicted molar refractivity (Wildman–Crippen MR) is 87.2 cm³/mol. The summed E-state index contributed by atoms with van der Waals surface area (Å²) in [5.41, 5.74) is 0.356. The number of rotatable bonds is 7. The van der Waals surface area contributed by atoms with Gasteiger partial charge in [0.05, 0.1) is 23.6 Å². The summed E-state index contributed by atoms with van der Waals surface area (Å²) in [5.74, 6) is -1.36. The van der Waals surface area contributed by atoms with Crippen molar-refractivity contribution < 1.29 is 19.1 Å². The van der Waals surface area contributed by atoms with Crippen molar-refractivity contribution in [3.63, 3.8) is 0 Å². The second kappa shape index (κ2) is 9.15. The van der Waals surface area contributed by atoms with E-state index in [0.29, 0.717) is 17.1 Å². The molecule has 1 aromatic rings. The van der Waals surface area contributed by atoms with Gasteiger partial charge in [-0.25, -0.2) is 0 Å². The molecule has 6 nitrogen and oxygen atoms in total. The third-order valence-electron chi connectivity index (χ3n) is 3.24. The maximum atomic E-state index is 12.7. The van der Waals surface area contributed by atoms with Gasteiger partial charge in [-0.05, 0) is 12.1 Å². The van der Waals surface area contributed by atoms with Crippen LogP contribution in [-0.2, 0) is 14.3 Å². The Bertz CT molecular complexity index is 577. The number of ether oxygens (including phenoxy) is 1. The van der Waals surface area contributed by atoms with E-state index in [1.165, 1.54) is 18.9 Å². The van der Waals surface area contributed by atoms with Gasteiger partial charge in [-0.3, -0.25) is 14.4 Å². The minimum Gasteiger partial charge on any atom is -0.469 e. The first-order valence-corrected chi connectivity index (χ1v) is 7.60. The quantitative estimate of drug-likeness (QED) is 0.767. The van der Waals surface area contributed by atoms with Crippen LogP contribution < -0.4 is 5.32 Å². The fourth-order valence-electron chi connectivity index (χ4n) is 2.05. The number of hydrogen-bond donors (Lipinski definition) is 1. The maximum Gasteiger partial charge on any atom is 0.310 e. The number of benzene rings is 1. The van der Waals surface area contributed by atoms with E-state index in [-0.39, 0.29) is 24.9 Å². The Morgan fingerprint density at radius 3 is 2.52 bits per heavy atom. The molecule has 0 aromatic heterocycles. The maximum absolute atomic E-state index is 12.7. The van der Waals surface area contributed by atoms with Gasteiger partial charge in [0.1, 0.15) is 0 Å². The van der Waals surface area contributed by atoms with Crippen LogP contribution in [0.15, 0.2) is 24.3 Å². The molecule has 1 atom stereocenters. The van der Waals surface area contributed by atoms with Crippen LogP contribution in [0.5, 0.6) is 0 Å². The molecule has 126 valence electrons. The van der Waals surface area contributed by atoms with E-state index in [9.17, 15) is 14.4 Å². The molecular weight excluding hydrogens is 320 g/mol. The van der Waals surface area contributed by atoms with Gasteiger partial charge >= 0.3 is 5.97 Å². The van der Waals surface area contributed by atoms with Gasteiger partial charge in [0, 0.05) is 26.6 Å². The van der Waals surface area contributed by atoms with E-state index in [2.05, 4.69) is 5.32 Å². The molecular formula is C16H21ClN2O4. The standard InChI is InChI=1S/C16H21ClN2O4/c1-11(16(22)23-3)10-19(9-8-18-12(2)20)15(21)13-6-4-5-7-14(13)17/h4-7,11H,8-10H2,1-3H3,(H,18,20). The zero-order valence-corrected chi connectivity index (χ0v) is 14.2. The summed E-state index contributed by atoms with van der Waals surface area (Å²) >= 11 is 6.07. The van der Waals surface area contributed by atoms with E-state index < -0.39 is 11.9 Å². The van der Waals surface area contributed by atoms with Crippen LogP contribution in [0.25, 0.3) is 0 Å². The first-order chi connectivity index (χ1) is 10.9. The second-order valence-corrected chi connectivity index (χ2v) is 5.55. The molecule has 0 bridgehead atoms. The highest BCUT2D eigenvalue weighted by Crippen LogP contribution is 2.18. The number of hydrogen-bond acceptors (Lipinski definition) is 4. The summed E-state index contributed by atoms with van der Waals surface area (Å²) in [5, 5.41) is 2.97. The van der Waals surface area contributed by atoms with Crippen LogP contribution in [-0.4, -0.2) is 49.4 Å². The molecule has 0 saturated heterocycles. The van der Waals surface area contributed by atoms with Gasteiger partial charge in [0.25, 0.3) is 5.91 Å². The Labute approximate surface area is 140 Å². The average molecular weight is 341 g/mol. The molecule has 1 aromatic carbocycles. The third kappa shape index (κ3) is 5.90. The van der Waals surface area contributed by atoms with Gasteiger partial charge in [-0.15, -0.1) is 0 Å². The minimum atomic E-state index is -0.483. The van der Waals surface area contributed by atoms with E-state index in [1.807, 2.05) is 0 Å². The van der Waals surface area contributed by atoms with E-state index in [0.717, 1.165) is 0 Å². The lowest BCUT2D eigenvalue weighted by Crippen LogP contribution is -2.42. The van der Waals surface area contributed by atoms with Gasteiger partial charge < -0.3 is 15.0 Å². The van der Waals surface area contributed by atoms with Crippen LogP contribution in [0.1, 0.15) is 24.2 Å². The number of nitrogens with zero attached hydrogens (tertiary/aromatic N) is 1. The Kier molecular flexibility index (Phi) is 7.54. The molecule has 0 aliphatic heterocycles. The first kappa shape index (κ1) is 19.0. The molecule has 0 fully saturated rings. The number of halogens is 1. The number of nitrogens with one attached hydrogen (secondary N) is 1. The number of methoxy groups -OCH3 is 1. The fraction of sp³-hybridized carbons (Fsp3) is 0.438. The molecule has 0 spiro atoms. The number of carbonyl (C=O) groups excluding carboxylic acids is 3. The number of esters is 1. The smallest absolute Gasteiger partial charge is 0.310 e. The molecule has 0 heterocycles. The van der Waals surface area contributed by atoms with Crippen molar-refractivity contribution in [3.05, 3.63) is 34.9 Å². The number of carbonyl (C=O) groups is 3. The van der Waals surface area contributed by atoms with Crippen molar-refractivity contribution in [2.45, 2.75) is 13.8 Å². The van der Waals surface area contributed by atoms with E-state index >= 15 is 0 Å². The predicted octanol–water partition coefficient (Wildman–Crippen LogP) is 1.73. The van der Waals surface area contributed by atoms with E-state index in [4.69, 9.17) is 16.3 Å². The summed E-state index contributed by atoms with van der Waals surface area (Å²) in [7, 11) is 1.30. The van der Waals surface area contributed by atoms with Crippen molar-refractivity contribution in [3.8, 4) is 0 Å². The van der Waals surface area contributed by atoms with Crippen LogP contribution in [0.4, 0.5) is 0 Å². The summed E-state index contributed by atoms with van der Waals surface area (Å²) in [6.45, 7) is 3.81. The number of amides is 2. The minimum absolute atomic E-state index is 0.177. The van der Waals surface area contributed by atoms with Gasteiger partial charge in [-0.1, -0.05) is 30.7 Å². The summed E-state index contributed by atoms with van der Waals surface area (Å²) in [6, 6.07) is 6.70. The molecule has 23 heavy (non-hydrogen) atoms. The Hall–Kier alpha value is -2.08.